The minimum Gasteiger partial charge on any atom is -0.480 e. The average molecular weight is 575 g/mol. The molecular formula is C31H25ClF2N4O3. The molecule has 1 unspecified atom stereocenters. The lowest BCUT2D eigenvalue weighted by atomic mass is 9.95. The highest BCUT2D eigenvalue weighted by molar-refractivity contribution is 6.34. The van der Waals surface area contributed by atoms with Crippen LogP contribution >= 0.6 is 11.6 Å². The van der Waals surface area contributed by atoms with E-state index in [9.17, 15) is 23.5 Å². The summed E-state index contributed by atoms with van der Waals surface area (Å²) in [5.41, 5.74) is 2.17. The van der Waals surface area contributed by atoms with Gasteiger partial charge in [0.1, 0.15) is 23.2 Å². The van der Waals surface area contributed by atoms with Crippen molar-refractivity contribution in [2.75, 3.05) is 5.32 Å². The summed E-state index contributed by atoms with van der Waals surface area (Å²) < 4.78 is 29.8. The summed E-state index contributed by atoms with van der Waals surface area (Å²) in [5.74, 6) is -4.26. The minimum absolute atomic E-state index is 0.0368. The number of rotatable bonds is 9. The molecule has 0 radical (unpaired) electrons. The van der Waals surface area contributed by atoms with Crippen LogP contribution in [0.4, 0.5) is 20.2 Å². The lowest BCUT2D eigenvalue weighted by Crippen LogP contribution is -2.43. The summed E-state index contributed by atoms with van der Waals surface area (Å²) in [6, 6.07) is 12.4. The van der Waals surface area contributed by atoms with Gasteiger partial charge >= 0.3 is 5.97 Å². The molecule has 7 nitrogen and oxygen atoms in total. The van der Waals surface area contributed by atoms with Crippen LogP contribution in [0.25, 0.3) is 26.9 Å². The normalized spacial score (nSPS) is 14.2. The second-order valence-electron chi connectivity index (χ2n) is 10.1. The molecule has 1 aromatic heterocycles. The predicted octanol–water partition coefficient (Wildman–Crippen LogP) is 7.02. The third-order valence-electron chi connectivity index (χ3n) is 7.25. The molecule has 1 saturated carbocycles. The first-order valence-electron chi connectivity index (χ1n) is 13.0. The Kier molecular flexibility index (Phi) is 7.86. The zero-order valence-corrected chi connectivity index (χ0v) is 22.7. The molecule has 1 amide bonds. The number of nitrogens with one attached hydrogen (secondary N) is 2. The molecular weight excluding hydrogens is 550 g/mol. The van der Waals surface area contributed by atoms with E-state index in [-0.39, 0.29) is 18.2 Å². The summed E-state index contributed by atoms with van der Waals surface area (Å²) in [4.78, 5) is 32.9. The fraction of sp³-hybridized carbons (Fsp3) is 0.226. The van der Waals surface area contributed by atoms with Gasteiger partial charge in [-0.3, -0.25) is 9.78 Å². The zero-order chi connectivity index (χ0) is 29.3. The Morgan fingerprint density at radius 1 is 1.12 bits per heavy atom. The number of anilines is 1. The molecule has 2 atom stereocenters. The van der Waals surface area contributed by atoms with Crippen molar-refractivity contribution in [1.82, 2.24) is 10.3 Å². The number of fused-ring (bicyclic) bond motifs is 1. The summed E-state index contributed by atoms with van der Waals surface area (Å²) in [6.45, 7) is 9.11. The number of aliphatic carboxylic acids is 1. The van der Waals surface area contributed by atoms with Crippen LogP contribution in [0.15, 0.2) is 60.8 Å². The van der Waals surface area contributed by atoms with Gasteiger partial charge in [-0.1, -0.05) is 41.9 Å². The Bertz CT molecular complexity index is 1690. The molecule has 0 aliphatic heterocycles. The molecule has 3 aromatic carbocycles. The van der Waals surface area contributed by atoms with Crippen LogP contribution in [0, 0.1) is 24.1 Å². The lowest BCUT2D eigenvalue weighted by Gasteiger charge is -2.18. The molecule has 1 fully saturated rings. The number of hydrogen-bond donors (Lipinski definition) is 3. The third kappa shape index (κ3) is 5.98. The second-order valence-corrected chi connectivity index (χ2v) is 10.5. The second kappa shape index (κ2) is 11.5. The van der Waals surface area contributed by atoms with Crippen molar-refractivity contribution in [2.45, 2.75) is 38.3 Å². The molecule has 10 heteroatoms. The van der Waals surface area contributed by atoms with E-state index in [1.165, 1.54) is 0 Å². The first-order valence-corrected chi connectivity index (χ1v) is 13.4. The fourth-order valence-corrected chi connectivity index (χ4v) is 5.20. The van der Waals surface area contributed by atoms with Crippen LogP contribution in [0.2, 0.25) is 5.02 Å². The van der Waals surface area contributed by atoms with Gasteiger partial charge in [-0.25, -0.2) is 18.4 Å². The van der Waals surface area contributed by atoms with Crippen LogP contribution in [0.5, 0.6) is 0 Å². The Hall–Kier alpha value is -4.55. The molecule has 41 heavy (non-hydrogen) atoms. The van der Waals surface area contributed by atoms with Crippen molar-refractivity contribution < 1.29 is 23.5 Å². The number of amides is 1. The van der Waals surface area contributed by atoms with E-state index < -0.39 is 35.1 Å². The molecule has 208 valence electrons. The molecule has 0 bridgehead atoms. The van der Waals surface area contributed by atoms with Crippen LogP contribution in [-0.4, -0.2) is 34.1 Å². The van der Waals surface area contributed by atoms with Crippen molar-refractivity contribution in [1.29, 1.82) is 0 Å². The van der Waals surface area contributed by atoms with Crippen LogP contribution in [0.3, 0.4) is 0 Å². The Morgan fingerprint density at radius 2 is 1.83 bits per heavy atom. The van der Waals surface area contributed by atoms with Gasteiger partial charge < -0.3 is 15.7 Å². The van der Waals surface area contributed by atoms with E-state index >= 15 is 0 Å². The number of carbonyl (C=O) groups is 2. The first kappa shape index (κ1) is 28.0. The molecule has 1 aliphatic carbocycles. The monoisotopic (exact) mass is 574 g/mol. The number of benzene rings is 3. The number of aromatic nitrogens is 1. The summed E-state index contributed by atoms with van der Waals surface area (Å²) in [7, 11) is 0. The highest BCUT2D eigenvalue weighted by Gasteiger charge is 2.29. The van der Waals surface area contributed by atoms with Gasteiger partial charge in [-0.15, -0.1) is 0 Å². The van der Waals surface area contributed by atoms with Gasteiger partial charge in [0.25, 0.3) is 5.91 Å². The van der Waals surface area contributed by atoms with Crippen molar-refractivity contribution in [2.24, 2.45) is 5.92 Å². The Labute approximate surface area is 240 Å². The molecule has 0 spiro atoms. The van der Waals surface area contributed by atoms with Crippen LogP contribution in [-0.2, 0) is 11.2 Å². The van der Waals surface area contributed by atoms with Crippen molar-refractivity contribution in [3.63, 3.8) is 0 Å². The van der Waals surface area contributed by atoms with E-state index in [0.717, 1.165) is 25.0 Å². The van der Waals surface area contributed by atoms with Crippen LogP contribution < -0.4 is 10.6 Å². The highest BCUT2D eigenvalue weighted by atomic mass is 35.5. The SMILES string of the molecule is [C-]#[N+]c1ccc(-c2ccc(C[C@H](NC(=O)c3c(F)cc(NC(C)C4CC4)cc3F)C(=O)O)c3cccnc23)c(Cl)c1. The van der Waals surface area contributed by atoms with E-state index in [1.54, 1.807) is 48.7 Å². The topological polar surface area (TPSA) is 95.7 Å². The van der Waals surface area contributed by atoms with E-state index in [2.05, 4.69) is 20.5 Å². The maximum Gasteiger partial charge on any atom is 0.326 e. The fourth-order valence-electron chi connectivity index (χ4n) is 4.92. The maximum absolute atomic E-state index is 14.9. The molecule has 0 saturated heterocycles. The number of carboxylic acids is 1. The van der Waals surface area contributed by atoms with Gasteiger partial charge in [-0.2, -0.15) is 0 Å². The number of carbonyl (C=O) groups excluding carboxylic acids is 1. The summed E-state index contributed by atoms with van der Waals surface area (Å²) in [5, 5.41) is 16.2. The highest BCUT2D eigenvalue weighted by Crippen LogP contribution is 2.37. The Morgan fingerprint density at radius 3 is 2.46 bits per heavy atom. The van der Waals surface area contributed by atoms with Gasteiger partial charge in [0.05, 0.1) is 12.1 Å². The number of pyridine rings is 1. The standard InChI is InChI=1S/C31H25ClF2N4O3/c1-16(17-5-6-17)37-20-14-25(33)28(26(34)15-20)30(39)38-27(31(40)41)12-18-7-9-23(29-21(18)4-3-11-36-29)22-10-8-19(35-2)13-24(22)32/h3-4,7-11,13-17,27,37H,5-6,12H2,1H3,(H,38,39)(H,40,41)/t16?,27-/m0/s1. The van der Waals surface area contributed by atoms with Crippen molar-refractivity contribution in [3.8, 4) is 11.1 Å². The number of nitrogens with zero attached hydrogens (tertiary/aromatic N) is 2. The molecule has 5 rings (SSSR count). The largest absolute Gasteiger partial charge is 0.480 e. The van der Waals surface area contributed by atoms with Gasteiger partial charge in [0.15, 0.2) is 5.69 Å². The quantitative estimate of drug-likeness (QED) is 0.187. The average Bonchev–Trinajstić information content (AvgIpc) is 3.78. The lowest BCUT2D eigenvalue weighted by molar-refractivity contribution is -0.139. The van der Waals surface area contributed by atoms with E-state index in [4.69, 9.17) is 18.2 Å². The van der Waals surface area contributed by atoms with Gasteiger partial charge in [0, 0.05) is 40.3 Å². The molecule has 1 heterocycles. The van der Waals surface area contributed by atoms with Gasteiger partial charge in [0.2, 0.25) is 0 Å². The Balaban J connectivity index is 1.41. The van der Waals surface area contributed by atoms with Crippen LogP contribution in [0.1, 0.15) is 35.7 Å². The molecule has 1 aliphatic rings. The van der Waals surface area contributed by atoms with E-state index in [0.29, 0.717) is 44.2 Å². The third-order valence-corrected chi connectivity index (χ3v) is 7.56. The summed E-state index contributed by atoms with van der Waals surface area (Å²) in [6.07, 6.45) is 3.52. The van der Waals surface area contributed by atoms with Gasteiger partial charge in [-0.05, 0) is 61.1 Å². The van der Waals surface area contributed by atoms with Crippen molar-refractivity contribution in [3.05, 3.63) is 100.0 Å². The molecule has 3 N–H and O–H groups in total. The minimum atomic E-state index is -1.48. The summed E-state index contributed by atoms with van der Waals surface area (Å²) >= 11 is 6.44. The predicted molar refractivity (Wildman–Crippen MR) is 153 cm³/mol. The maximum atomic E-state index is 14.9. The number of hydrogen-bond acceptors (Lipinski definition) is 4. The number of halogens is 3. The molecule has 4 aromatic rings. The van der Waals surface area contributed by atoms with E-state index in [1.807, 2.05) is 6.92 Å². The smallest absolute Gasteiger partial charge is 0.326 e. The first-order chi connectivity index (χ1) is 19.7. The zero-order valence-electron chi connectivity index (χ0n) is 21.9. The van der Waals surface area contributed by atoms with Crippen molar-refractivity contribution >= 4 is 45.8 Å². The number of carboxylic acid groups (broad SMARTS) is 1.